The first kappa shape index (κ1) is 14.3. The molecule has 0 aromatic heterocycles. The van der Waals surface area contributed by atoms with Crippen LogP contribution in [0.3, 0.4) is 0 Å². The van der Waals surface area contributed by atoms with Gasteiger partial charge in [-0.3, -0.25) is 10.3 Å². The Hall–Kier alpha value is -2.09. The number of hydrogen-bond acceptors (Lipinski definition) is 5. The Morgan fingerprint density at radius 2 is 2.20 bits per heavy atom. The summed E-state index contributed by atoms with van der Waals surface area (Å²) < 4.78 is 19.6. The Kier molecular flexibility index (Phi) is 3.93. The zero-order valence-corrected chi connectivity index (χ0v) is 12.2. The minimum Gasteiger partial charge on any atom is -0.468 e. The summed E-state index contributed by atoms with van der Waals surface area (Å²) >= 11 is 3.19. The van der Waals surface area contributed by atoms with Gasteiger partial charge in [-0.15, -0.1) is 0 Å². The van der Waals surface area contributed by atoms with Crippen molar-refractivity contribution in [3.8, 4) is 0 Å². The molecule has 1 aliphatic rings. The van der Waals surface area contributed by atoms with Crippen LogP contribution < -0.4 is 11.5 Å². The predicted molar refractivity (Wildman–Crippen MR) is 77.2 cm³/mol. The van der Waals surface area contributed by atoms with Gasteiger partial charge in [0, 0.05) is 10.0 Å². The number of halogens is 2. The molecule has 0 fully saturated rings. The molecule has 0 unspecified atom stereocenters. The molecule has 0 saturated heterocycles. The van der Waals surface area contributed by atoms with E-state index in [1.807, 2.05) is 0 Å². The lowest BCUT2D eigenvalue weighted by Crippen LogP contribution is -2.33. The third-order valence-electron chi connectivity index (χ3n) is 2.73. The number of nitrogens with two attached hydrogens (primary N) is 2. The van der Waals surface area contributed by atoms with Gasteiger partial charge in [0.25, 0.3) is 6.02 Å². The highest BCUT2D eigenvalue weighted by molar-refractivity contribution is 9.10. The van der Waals surface area contributed by atoms with E-state index in [-0.39, 0.29) is 35.7 Å². The molecule has 1 aromatic carbocycles. The van der Waals surface area contributed by atoms with Gasteiger partial charge < -0.3 is 16.2 Å². The molecule has 5 N–H and O–H groups in total. The van der Waals surface area contributed by atoms with Gasteiger partial charge in [0.15, 0.2) is 11.5 Å². The normalized spacial score (nSPS) is 14.6. The number of amidine groups is 2. The summed E-state index contributed by atoms with van der Waals surface area (Å²) in [6.45, 7) is 0.0986. The summed E-state index contributed by atoms with van der Waals surface area (Å²) in [5.41, 5.74) is 11.4. The van der Waals surface area contributed by atoms with Crippen molar-refractivity contribution in [2.45, 2.75) is 6.54 Å². The fourth-order valence-corrected chi connectivity index (χ4v) is 2.09. The minimum absolute atomic E-state index is 0.0239. The number of benzene rings is 1. The number of nitrogens with one attached hydrogen (secondary N) is 1. The molecule has 0 radical (unpaired) electrons. The lowest BCUT2D eigenvalue weighted by Gasteiger charge is -2.19. The third-order valence-corrected chi connectivity index (χ3v) is 3.23. The highest BCUT2D eigenvalue weighted by Crippen LogP contribution is 2.22. The van der Waals surface area contributed by atoms with Crippen LogP contribution in [0, 0.1) is 11.2 Å². The van der Waals surface area contributed by atoms with Crippen molar-refractivity contribution < 1.29 is 9.13 Å². The average molecular weight is 342 g/mol. The monoisotopic (exact) mass is 341 g/mol. The van der Waals surface area contributed by atoms with Crippen LogP contribution in [0.15, 0.2) is 39.2 Å². The summed E-state index contributed by atoms with van der Waals surface area (Å²) in [6.07, 6.45) is 0. The number of nitrogens with zero attached hydrogens (tertiary/aromatic N) is 2. The summed E-state index contributed by atoms with van der Waals surface area (Å²) in [5, 5.41) is 7.97. The van der Waals surface area contributed by atoms with E-state index in [2.05, 4.69) is 20.9 Å². The van der Waals surface area contributed by atoms with Crippen molar-refractivity contribution in [2.75, 3.05) is 7.11 Å². The van der Waals surface area contributed by atoms with Gasteiger partial charge in [-0.2, -0.15) is 4.99 Å². The van der Waals surface area contributed by atoms with Crippen molar-refractivity contribution >= 4 is 27.8 Å². The molecular weight excluding hydrogens is 329 g/mol. The Balaban J connectivity index is 2.31. The van der Waals surface area contributed by atoms with E-state index in [0.717, 1.165) is 0 Å². The SMILES string of the molecule is COC1=NC(=C(N)N)C(=N)N1Cc1ccc(Br)cc1F. The standard InChI is InChI=1S/C12H13BrFN5O/c1-20-12-18-9(10(15)16)11(17)19(12)5-6-2-3-7(13)4-8(6)14/h2-4,17H,5,15-16H2,1H3. The Bertz CT molecular complexity index is 624. The fourth-order valence-electron chi connectivity index (χ4n) is 1.76. The van der Waals surface area contributed by atoms with Crippen molar-refractivity contribution in [3.05, 3.63) is 45.6 Å². The lowest BCUT2D eigenvalue weighted by molar-refractivity contribution is 0.338. The van der Waals surface area contributed by atoms with Crippen molar-refractivity contribution in [1.29, 1.82) is 5.41 Å². The largest absolute Gasteiger partial charge is 0.468 e. The zero-order valence-electron chi connectivity index (χ0n) is 10.7. The zero-order chi connectivity index (χ0) is 14.9. The van der Waals surface area contributed by atoms with Gasteiger partial charge in [-0.05, 0) is 12.1 Å². The number of hydrogen-bond donors (Lipinski definition) is 3. The molecule has 106 valence electrons. The van der Waals surface area contributed by atoms with E-state index in [1.54, 1.807) is 12.1 Å². The highest BCUT2D eigenvalue weighted by Gasteiger charge is 2.30. The third kappa shape index (κ3) is 2.60. The van der Waals surface area contributed by atoms with Gasteiger partial charge in [0.2, 0.25) is 0 Å². The molecule has 8 heteroatoms. The van der Waals surface area contributed by atoms with E-state index in [1.165, 1.54) is 18.1 Å². The molecule has 0 spiro atoms. The number of ether oxygens (including phenoxy) is 1. The number of aliphatic imine (C=N–C) groups is 1. The molecule has 6 nitrogen and oxygen atoms in total. The maximum atomic E-state index is 13.8. The van der Waals surface area contributed by atoms with Gasteiger partial charge >= 0.3 is 0 Å². The maximum Gasteiger partial charge on any atom is 0.298 e. The molecule has 1 aliphatic heterocycles. The van der Waals surface area contributed by atoms with E-state index in [9.17, 15) is 4.39 Å². The topological polar surface area (TPSA) is 101 Å². The van der Waals surface area contributed by atoms with E-state index in [0.29, 0.717) is 10.0 Å². The lowest BCUT2D eigenvalue weighted by atomic mass is 10.2. The van der Waals surface area contributed by atoms with E-state index < -0.39 is 0 Å². The molecule has 0 aliphatic carbocycles. The molecule has 0 amide bonds. The van der Waals surface area contributed by atoms with Gasteiger partial charge in [0.05, 0.1) is 13.7 Å². The van der Waals surface area contributed by atoms with Crippen LogP contribution in [0.1, 0.15) is 5.56 Å². The van der Waals surface area contributed by atoms with Crippen LogP contribution in [0.2, 0.25) is 0 Å². The van der Waals surface area contributed by atoms with Crippen molar-refractivity contribution in [2.24, 2.45) is 16.5 Å². The first-order valence-corrected chi connectivity index (χ1v) is 6.41. The quantitative estimate of drug-likeness (QED) is 0.758. The Labute approximate surface area is 123 Å². The van der Waals surface area contributed by atoms with Crippen LogP contribution in [0.25, 0.3) is 0 Å². The first-order chi connectivity index (χ1) is 9.43. The molecule has 0 bridgehead atoms. The van der Waals surface area contributed by atoms with Gasteiger partial charge in [-0.25, -0.2) is 4.39 Å². The summed E-state index contributed by atoms with van der Waals surface area (Å²) in [5.74, 6) is -0.492. The van der Waals surface area contributed by atoms with E-state index >= 15 is 0 Å². The van der Waals surface area contributed by atoms with Crippen LogP contribution >= 0.6 is 15.9 Å². The first-order valence-electron chi connectivity index (χ1n) is 5.62. The summed E-state index contributed by atoms with van der Waals surface area (Å²) in [6, 6.07) is 4.84. The van der Waals surface area contributed by atoms with Crippen LogP contribution in [-0.2, 0) is 11.3 Å². The molecule has 2 rings (SSSR count). The summed E-state index contributed by atoms with van der Waals surface area (Å²) in [4.78, 5) is 5.40. The van der Waals surface area contributed by atoms with Gasteiger partial charge in [-0.1, -0.05) is 22.0 Å². The Morgan fingerprint density at radius 1 is 1.50 bits per heavy atom. The maximum absolute atomic E-state index is 13.8. The van der Waals surface area contributed by atoms with Crippen LogP contribution in [0.5, 0.6) is 0 Å². The number of rotatable bonds is 2. The fraction of sp³-hybridized carbons (Fsp3) is 0.167. The molecule has 0 atom stereocenters. The Morgan fingerprint density at radius 3 is 2.75 bits per heavy atom. The van der Waals surface area contributed by atoms with Crippen molar-refractivity contribution in [1.82, 2.24) is 4.90 Å². The van der Waals surface area contributed by atoms with Gasteiger partial charge in [0.1, 0.15) is 11.6 Å². The molecular formula is C12H13BrFN5O. The minimum atomic E-state index is -0.388. The van der Waals surface area contributed by atoms with Crippen LogP contribution in [0.4, 0.5) is 4.39 Å². The molecule has 1 heterocycles. The van der Waals surface area contributed by atoms with E-state index in [4.69, 9.17) is 21.6 Å². The molecule has 1 aromatic rings. The second-order valence-corrected chi connectivity index (χ2v) is 4.99. The number of methoxy groups -OCH3 is 1. The summed E-state index contributed by atoms with van der Waals surface area (Å²) in [7, 11) is 1.41. The average Bonchev–Trinajstić information content (AvgIpc) is 2.70. The molecule has 20 heavy (non-hydrogen) atoms. The van der Waals surface area contributed by atoms with Crippen LogP contribution in [-0.4, -0.2) is 23.9 Å². The molecule has 0 saturated carbocycles. The second kappa shape index (κ2) is 5.49. The predicted octanol–water partition coefficient (Wildman–Crippen LogP) is 1.47. The second-order valence-electron chi connectivity index (χ2n) is 4.07. The highest BCUT2D eigenvalue weighted by atomic mass is 79.9. The van der Waals surface area contributed by atoms with Crippen molar-refractivity contribution in [3.63, 3.8) is 0 Å². The smallest absolute Gasteiger partial charge is 0.298 e.